The van der Waals surface area contributed by atoms with Crippen LogP contribution in [0.1, 0.15) is 10.4 Å². The number of aliphatic hydroxyl groups excluding tert-OH is 3. The Morgan fingerprint density at radius 3 is 2.45 bits per heavy atom. The predicted octanol–water partition coefficient (Wildman–Crippen LogP) is 0.0459. The molecule has 1 aromatic rings. The van der Waals surface area contributed by atoms with Crippen molar-refractivity contribution in [1.82, 2.24) is 0 Å². The lowest BCUT2D eigenvalue weighted by Gasteiger charge is -2.39. The van der Waals surface area contributed by atoms with Gasteiger partial charge in [-0.25, -0.2) is 4.79 Å². The second kappa shape index (κ2) is 6.64. The summed E-state index contributed by atoms with van der Waals surface area (Å²) < 4.78 is 10.3. The topological polar surface area (TPSA) is 96.2 Å². The molecule has 1 fully saturated rings. The fourth-order valence-corrected chi connectivity index (χ4v) is 2.48. The van der Waals surface area contributed by atoms with Crippen molar-refractivity contribution in [3.63, 3.8) is 0 Å². The van der Waals surface area contributed by atoms with Crippen LogP contribution < -0.4 is 0 Å². The number of aliphatic hydroxyl groups is 3. The molecule has 2 rings (SSSR count). The Balaban J connectivity index is 2.11. The highest BCUT2D eigenvalue weighted by Gasteiger charge is 2.45. The van der Waals surface area contributed by atoms with Crippen LogP contribution >= 0.6 is 15.9 Å². The molecule has 110 valence electrons. The van der Waals surface area contributed by atoms with E-state index in [1.807, 2.05) is 0 Å². The van der Waals surface area contributed by atoms with Gasteiger partial charge in [0.15, 0.2) is 12.4 Å². The largest absolute Gasteiger partial charge is 0.453 e. The Morgan fingerprint density at radius 1 is 1.20 bits per heavy atom. The van der Waals surface area contributed by atoms with E-state index in [0.29, 0.717) is 5.56 Å². The fraction of sp³-hybridized carbons (Fsp3) is 0.462. The predicted molar refractivity (Wildman–Crippen MR) is 72.3 cm³/mol. The van der Waals surface area contributed by atoms with Gasteiger partial charge >= 0.3 is 5.97 Å². The zero-order valence-corrected chi connectivity index (χ0v) is 12.0. The van der Waals surface area contributed by atoms with Crippen LogP contribution in [0.2, 0.25) is 0 Å². The van der Waals surface area contributed by atoms with Crippen molar-refractivity contribution in [3.05, 3.63) is 35.9 Å². The van der Waals surface area contributed by atoms with Gasteiger partial charge in [-0.2, -0.15) is 0 Å². The van der Waals surface area contributed by atoms with Gasteiger partial charge in [0.25, 0.3) is 0 Å². The second-order valence-corrected chi connectivity index (χ2v) is 5.08. The summed E-state index contributed by atoms with van der Waals surface area (Å²) >= 11 is 3.15. The second-order valence-electron chi connectivity index (χ2n) is 4.44. The molecule has 0 spiro atoms. The van der Waals surface area contributed by atoms with Gasteiger partial charge in [0.05, 0.1) is 5.56 Å². The van der Waals surface area contributed by atoms with Gasteiger partial charge < -0.3 is 24.8 Å². The molecular formula is C13H15BrO6. The summed E-state index contributed by atoms with van der Waals surface area (Å²) in [7, 11) is 0. The average molecular weight is 347 g/mol. The lowest BCUT2D eigenvalue weighted by molar-refractivity contribution is -0.275. The minimum absolute atomic E-state index is 0.237. The zero-order chi connectivity index (χ0) is 14.7. The molecule has 1 aliphatic heterocycles. The molecule has 1 aromatic carbocycles. The minimum Gasteiger partial charge on any atom is -0.453 e. The van der Waals surface area contributed by atoms with Crippen molar-refractivity contribution in [2.24, 2.45) is 0 Å². The quantitative estimate of drug-likeness (QED) is 0.528. The number of ether oxygens (including phenoxy) is 2. The third kappa shape index (κ3) is 3.18. The van der Waals surface area contributed by atoms with Crippen LogP contribution in [-0.4, -0.2) is 57.3 Å². The molecule has 0 amide bonds. The van der Waals surface area contributed by atoms with E-state index >= 15 is 0 Å². The Kier molecular flexibility index (Phi) is 5.11. The highest BCUT2D eigenvalue weighted by atomic mass is 79.9. The highest BCUT2D eigenvalue weighted by molar-refractivity contribution is 9.09. The van der Waals surface area contributed by atoms with Gasteiger partial charge in [0, 0.05) is 5.33 Å². The van der Waals surface area contributed by atoms with E-state index in [-0.39, 0.29) is 5.33 Å². The Labute approximate surface area is 124 Å². The van der Waals surface area contributed by atoms with Crippen LogP contribution in [0.15, 0.2) is 30.3 Å². The number of halogens is 1. The van der Waals surface area contributed by atoms with E-state index < -0.39 is 36.7 Å². The first-order valence-corrected chi connectivity index (χ1v) is 7.18. The summed E-state index contributed by atoms with van der Waals surface area (Å²) in [6, 6.07) is 8.28. The van der Waals surface area contributed by atoms with Gasteiger partial charge in [0.1, 0.15) is 18.3 Å². The molecule has 1 saturated heterocycles. The molecule has 1 heterocycles. The molecule has 0 bridgehead atoms. The van der Waals surface area contributed by atoms with E-state index in [1.54, 1.807) is 30.3 Å². The number of hydrogen-bond acceptors (Lipinski definition) is 6. The molecule has 1 aliphatic rings. The number of rotatable bonds is 3. The maximum atomic E-state index is 12.0. The molecular weight excluding hydrogens is 332 g/mol. The normalized spacial score (nSPS) is 33.7. The molecule has 0 saturated carbocycles. The van der Waals surface area contributed by atoms with Crippen LogP contribution in [0.4, 0.5) is 0 Å². The van der Waals surface area contributed by atoms with Gasteiger partial charge in [-0.05, 0) is 12.1 Å². The van der Waals surface area contributed by atoms with Crippen molar-refractivity contribution < 1.29 is 29.6 Å². The maximum absolute atomic E-state index is 12.0. The summed E-state index contributed by atoms with van der Waals surface area (Å²) in [5, 5.41) is 29.2. The van der Waals surface area contributed by atoms with E-state index in [4.69, 9.17) is 9.47 Å². The maximum Gasteiger partial charge on any atom is 0.338 e. The first-order chi connectivity index (χ1) is 9.54. The third-order valence-corrected chi connectivity index (χ3v) is 3.70. The van der Waals surface area contributed by atoms with Gasteiger partial charge in [-0.15, -0.1) is 0 Å². The molecule has 0 aromatic heterocycles. The molecule has 20 heavy (non-hydrogen) atoms. The summed E-state index contributed by atoms with van der Waals surface area (Å²) in [5.41, 5.74) is 0.327. The Hall–Kier alpha value is -0.990. The Bertz CT molecular complexity index is 451. The smallest absolute Gasteiger partial charge is 0.338 e. The number of esters is 1. The standard InChI is InChI=1S/C13H15BrO6/c14-6-8-11(9(15)10(16)13(18)19-8)20-12(17)7-4-2-1-3-5-7/h1-5,8-11,13,15-16,18H,6H2/t8-,9-,10?,11?,13?/m1/s1. The van der Waals surface area contributed by atoms with Gasteiger partial charge in [-0.3, -0.25) is 0 Å². The highest BCUT2D eigenvalue weighted by Crippen LogP contribution is 2.24. The minimum atomic E-state index is -1.53. The number of hydrogen-bond donors (Lipinski definition) is 3. The van der Waals surface area contributed by atoms with Crippen LogP contribution in [0.3, 0.4) is 0 Å². The Morgan fingerprint density at radius 2 is 1.85 bits per heavy atom. The molecule has 0 radical (unpaired) electrons. The molecule has 3 unspecified atom stereocenters. The van der Waals surface area contributed by atoms with E-state index in [1.165, 1.54) is 0 Å². The molecule has 5 atom stereocenters. The monoisotopic (exact) mass is 346 g/mol. The number of carbonyl (C=O) groups excluding carboxylic acids is 1. The average Bonchev–Trinajstić information content (AvgIpc) is 2.48. The van der Waals surface area contributed by atoms with Crippen LogP contribution in [-0.2, 0) is 9.47 Å². The van der Waals surface area contributed by atoms with Crippen molar-refractivity contribution in [1.29, 1.82) is 0 Å². The number of alkyl halides is 1. The van der Waals surface area contributed by atoms with Crippen LogP contribution in [0.25, 0.3) is 0 Å². The fourth-order valence-electron chi connectivity index (χ4n) is 1.96. The van der Waals surface area contributed by atoms with Crippen molar-refractivity contribution in [3.8, 4) is 0 Å². The number of benzene rings is 1. The van der Waals surface area contributed by atoms with Crippen molar-refractivity contribution >= 4 is 21.9 Å². The SMILES string of the molecule is O=C(OC1[C@H](O)C(O)C(O)O[C@@H]1CBr)c1ccccc1. The molecule has 7 heteroatoms. The van der Waals surface area contributed by atoms with Crippen molar-refractivity contribution in [2.45, 2.75) is 30.7 Å². The molecule has 6 nitrogen and oxygen atoms in total. The summed E-state index contributed by atoms with van der Waals surface area (Å²) in [4.78, 5) is 12.0. The van der Waals surface area contributed by atoms with E-state index in [2.05, 4.69) is 15.9 Å². The summed E-state index contributed by atoms with van der Waals surface area (Å²) in [5.74, 6) is -0.632. The van der Waals surface area contributed by atoms with Crippen molar-refractivity contribution in [2.75, 3.05) is 5.33 Å². The lowest BCUT2D eigenvalue weighted by atomic mass is 9.99. The molecule has 3 N–H and O–H groups in total. The van der Waals surface area contributed by atoms with Crippen LogP contribution in [0.5, 0.6) is 0 Å². The first kappa shape index (κ1) is 15.4. The zero-order valence-electron chi connectivity index (χ0n) is 10.4. The summed E-state index contributed by atoms with van der Waals surface area (Å²) in [6.45, 7) is 0. The third-order valence-electron chi connectivity index (χ3n) is 3.06. The summed E-state index contributed by atoms with van der Waals surface area (Å²) in [6.07, 6.45) is -6.29. The van der Waals surface area contributed by atoms with Gasteiger partial charge in [0.2, 0.25) is 0 Å². The van der Waals surface area contributed by atoms with Gasteiger partial charge in [-0.1, -0.05) is 34.1 Å². The van der Waals surface area contributed by atoms with E-state index in [9.17, 15) is 20.1 Å². The lowest BCUT2D eigenvalue weighted by Crippen LogP contribution is -2.59. The first-order valence-electron chi connectivity index (χ1n) is 6.06. The van der Waals surface area contributed by atoms with E-state index in [0.717, 1.165) is 0 Å². The number of carbonyl (C=O) groups is 1. The van der Waals surface area contributed by atoms with Crippen LogP contribution in [0, 0.1) is 0 Å². The molecule has 0 aliphatic carbocycles.